The lowest BCUT2D eigenvalue weighted by Gasteiger charge is -2.30. The van der Waals surface area contributed by atoms with Crippen LogP contribution in [-0.4, -0.2) is 17.6 Å². The fourth-order valence-electron chi connectivity index (χ4n) is 5.44. The lowest BCUT2D eigenvalue weighted by molar-refractivity contribution is -0.156. The standard InChI is InChI=1S/C23H28FNO2/c1-4-27-22(26)23(2,3)17-11-14-9-16(10-15(14)12-17)19-7-8-25-21-6-5-18(24)13-20(19)21/h5-8,13-17H,4,9-12H2,1-3H3/t14-,15+,16+,17+. The van der Waals surface area contributed by atoms with Crippen LogP contribution in [-0.2, 0) is 9.53 Å². The van der Waals surface area contributed by atoms with Gasteiger partial charge in [-0.25, -0.2) is 4.39 Å². The van der Waals surface area contributed by atoms with E-state index in [1.165, 1.54) is 11.6 Å². The summed E-state index contributed by atoms with van der Waals surface area (Å²) >= 11 is 0. The van der Waals surface area contributed by atoms with E-state index in [4.69, 9.17) is 4.74 Å². The normalized spacial score (nSPS) is 27.7. The Labute approximate surface area is 160 Å². The van der Waals surface area contributed by atoms with Gasteiger partial charge in [-0.05, 0) is 100.0 Å². The van der Waals surface area contributed by atoms with Crippen molar-refractivity contribution in [2.75, 3.05) is 6.61 Å². The number of fused-ring (bicyclic) bond motifs is 2. The molecule has 2 aromatic rings. The van der Waals surface area contributed by atoms with Crippen LogP contribution in [0, 0.1) is 29.0 Å². The summed E-state index contributed by atoms with van der Waals surface area (Å²) in [5, 5.41) is 0.950. The van der Waals surface area contributed by atoms with Crippen LogP contribution in [0.25, 0.3) is 10.9 Å². The lowest BCUT2D eigenvalue weighted by Crippen LogP contribution is -2.34. The minimum Gasteiger partial charge on any atom is -0.466 e. The second kappa shape index (κ2) is 6.88. The third-order valence-electron chi connectivity index (χ3n) is 7.02. The monoisotopic (exact) mass is 369 g/mol. The van der Waals surface area contributed by atoms with Gasteiger partial charge in [0.25, 0.3) is 0 Å². The van der Waals surface area contributed by atoms with Crippen molar-refractivity contribution < 1.29 is 13.9 Å². The molecule has 0 saturated heterocycles. The van der Waals surface area contributed by atoms with Crippen molar-refractivity contribution >= 4 is 16.9 Å². The molecule has 1 heterocycles. The number of carbonyl (C=O) groups excluding carboxylic acids is 1. The lowest BCUT2D eigenvalue weighted by atomic mass is 9.76. The van der Waals surface area contributed by atoms with E-state index in [1.54, 1.807) is 12.1 Å². The van der Waals surface area contributed by atoms with Gasteiger partial charge in [-0.2, -0.15) is 0 Å². The molecule has 1 aromatic carbocycles. The first-order valence-electron chi connectivity index (χ1n) is 10.1. The van der Waals surface area contributed by atoms with Crippen molar-refractivity contribution in [1.29, 1.82) is 0 Å². The van der Waals surface area contributed by atoms with Gasteiger partial charge in [-0.3, -0.25) is 9.78 Å². The molecule has 0 radical (unpaired) electrons. The highest BCUT2D eigenvalue weighted by Crippen LogP contribution is 2.56. The number of halogens is 1. The summed E-state index contributed by atoms with van der Waals surface area (Å²) in [6.45, 7) is 6.38. The van der Waals surface area contributed by atoms with E-state index < -0.39 is 5.41 Å². The van der Waals surface area contributed by atoms with Crippen LogP contribution < -0.4 is 0 Å². The highest BCUT2D eigenvalue weighted by molar-refractivity contribution is 5.82. The molecule has 0 spiro atoms. The summed E-state index contributed by atoms with van der Waals surface area (Å²) in [5.41, 5.74) is 1.69. The fourth-order valence-corrected chi connectivity index (χ4v) is 5.44. The minimum atomic E-state index is -0.414. The predicted octanol–water partition coefficient (Wildman–Crippen LogP) is 5.48. The number of aromatic nitrogens is 1. The maximum absolute atomic E-state index is 13.8. The molecule has 0 aliphatic heterocycles. The van der Waals surface area contributed by atoms with Gasteiger partial charge in [-0.1, -0.05) is 0 Å². The minimum absolute atomic E-state index is 0.0675. The largest absolute Gasteiger partial charge is 0.466 e. The molecule has 2 aliphatic rings. The summed E-state index contributed by atoms with van der Waals surface area (Å²) in [5.74, 6) is 1.86. The van der Waals surface area contributed by atoms with Gasteiger partial charge in [0.05, 0.1) is 17.5 Å². The molecule has 0 N–H and O–H groups in total. The second-order valence-corrected chi connectivity index (χ2v) is 8.86. The van der Waals surface area contributed by atoms with Crippen molar-refractivity contribution in [1.82, 2.24) is 4.98 Å². The zero-order valence-electron chi connectivity index (χ0n) is 16.4. The number of rotatable bonds is 4. The van der Waals surface area contributed by atoms with E-state index >= 15 is 0 Å². The molecule has 1 aromatic heterocycles. The van der Waals surface area contributed by atoms with E-state index in [9.17, 15) is 9.18 Å². The van der Waals surface area contributed by atoms with E-state index in [0.717, 1.165) is 36.6 Å². The van der Waals surface area contributed by atoms with Crippen LogP contribution in [0.15, 0.2) is 30.5 Å². The summed E-state index contributed by atoms with van der Waals surface area (Å²) in [4.78, 5) is 16.8. The highest BCUT2D eigenvalue weighted by atomic mass is 19.1. The molecule has 3 nitrogen and oxygen atoms in total. The van der Waals surface area contributed by atoms with Gasteiger partial charge in [-0.15, -0.1) is 0 Å². The molecular formula is C23H28FNO2. The van der Waals surface area contributed by atoms with Gasteiger partial charge in [0.15, 0.2) is 0 Å². The third kappa shape index (κ3) is 3.24. The van der Waals surface area contributed by atoms with Crippen molar-refractivity contribution in [2.45, 2.75) is 52.4 Å². The maximum Gasteiger partial charge on any atom is 0.311 e. The fraction of sp³-hybridized carbons (Fsp3) is 0.565. The molecule has 2 saturated carbocycles. The number of ether oxygens (including phenoxy) is 1. The summed E-state index contributed by atoms with van der Waals surface area (Å²) in [6, 6.07) is 6.93. The third-order valence-corrected chi connectivity index (χ3v) is 7.02. The van der Waals surface area contributed by atoms with Gasteiger partial charge in [0, 0.05) is 11.6 Å². The number of carbonyl (C=O) groups is 1. The first-order valence-corrected chi connectivity index (χ1v) is 10.1. The Bertz CT molecular complexity index is 849. The number of nitrogens with zero attached hydrogens (tertiary/aromatic N) is 1. The molecule has 0 unspecified atom stereocenters. The predicted molar refractivity (Wildman–Crippen MR) is 104 cm³/mol. The maximum atomic E-state index is 13.8. The Morgan fingerprint density at radius 2 is 1.89 bits per heavy atom. The Morgan fingerprint density at radius 3 is 2.56 bits per heavy atom. The van der Waals surface area contributed by atoms with E-state index in [0.29, 0.717) is 30.3 Å². The molecular weight excluding hydrogens is 341 g/mol. The van der Waals surface area contributed by atoms with E-state index in [-0.39, 0.29) is 11.8 Å². The molecule has 27 heavy (non-hydrogen) atoms. The van der Waals surface area contributed by atoms with Gasteiger partial charge in [0.1, 0.15) is 5.82 Å². The van der Waals surface area contributed by atoms with Crippen molar-refractivity contribution in [2.24, 2.45) is 23.2 Å². The molecule has 2 aliphatic carbocycles. The Kier molecular flexibility index (Phi) is 4.69. The van der Waals surface area contributed by atoms with Crippen LogP contribution in [0.1, 0.15) is 57.9 Å². The highest BCUT2D eigenvalue weighted by Gasteiger charge is 2.49. The average molecular weight is 369 g/mol. The molecule has 4 heteroatoms. The van der Waals surface area contributed by atoms with E-state index in [1.807, 2.05) is 27.0 Å². The van der Waals surface area contributed by atoms with Gasteiger partial charge < -0.3 is 4.74 Å². The quantitative estimate of drug-likeness (QED) is 0.670. The summed E-state index contributed by atoms with van der Waals surface area (Å²) in [6.07, 6.45) is 6.26. The number of benzene rings is 1. The van der Waals surface area contributed by atoms with Crippen LogP contribution in [0.5, 0.6) is 0 Å². The molecule has 4 rings (SSSR count). The van der Waals surface area contributed by atoms with Crippen molar-refractivity contribution in [3.05, 3.63) is 41.8 Å². The van der Waals surface area contributed by atoms with Gasteiger partial charge >= 0.3 is 5.97 Å². The number of pyridine rings is 1. The smallest absolute Gasteiger partial charge is 0.311 e. The van der Waals surface area contributed by atoms with Crippen molar-refractivity contribution in [3.63, 3.8) is 0 Å². The molecule has 4 atom stereocenters. The molecule has 144 valence electrons. The van der Waals surface area contributed by atoms with Crippen molar-refractivity contribution in [3.8, 4) is 0 Å². The van der Waals surface area contributed by atoms with E-state index in [2.05, 4.69) is 11.1 Å². The topological polar surface area (TPSA) is 39.2 Å². The average Bonchev–Trinajstić information content (AvgIpc) is 3.20. The Morgan fingerprint density at radius 1 is 1.19 bits per heavy atom. The zero-order valence-corrected chi connectivity index (χ0v) is 16.4. The van der Waals surface area contributed by atoms with Crippen LogP contribution in [0.3, 0.4) is 0 Å². The molecule has 0 amide bonds. The first-order chi connectivity index (χ1) is 12.9. The Hall–Kier alpha value is -1.97. The van der Waals surface area contributed by atoms with Crippen LogP contribution in [0.4, 0.5) is 4.39 Å². The first kappa shape index (κ1) is 18.4. The zero-order chi connectivity index (χ0) is 19.2. The van der Waals surface area contributed by atoms with Crippen LogP contribution in [0.2, 0.25) is 0 Å². The molecule has 0 bridgehead atoms. The second-order valence-electron chi connectivity index (χ2n) is 8.86. The van der Waals surface area contributed by atoms with Gasteiger partial charge in [0.2, 0.25) is 0 Å². The number of esters is 1. The van der Waals surface area contributed by atoms with Crippen LogP contribution >= 0.6 is 0 Å². The summed E-state index contributed by atoms with van der Waals surface area (Å²) < 4.78 is 19.1. The number of hydrogen-bond donors (Lipinski definition) is 0. The number of hydrogen-bond acceptors (Lipinski definition) is 3. The summed E-state index contributed by atoms with van der Waals surface area (Å²) in [7, 11) is 0. The SMILES string of the molecule is CCOC(=O)C(C)(C)[C@H]1C[C@H]2C[C@H](c3ccnc4ccc(F)cc34)C[C@H]2C1. The molecule has 2 fully saturated rings. The Balaban J connectivity index is 1.51.